The molecule has 0 saturated heterocycles. The lowest BCUT2D eigenvalue weighted by Gasteiger charge is -2.15. The molecule has 1 aromatic rings. The number of rotatable bonds is 3. The summed E-state index contributed by atoms with van der Waals surface area (Å²) in [7, 11) is 1.69. The lowest BCUT2D eigenvalue weighted by atomic mass is 9.99. The zero-order valence-corrected chi connectivity index (χ0v) is 9.58. The van der Waals surface area contributed by atoms with Gasteiger partial charge in [-0.1, -0.05) is 0 Å². The number of ether oxygens (including phenoxy) is 1. The first-order valence-electron chi connectivity index (χ1n) is 5.46. The van der Waals surface area contributed by atoms with E-state index >= 15 is 0 Å². The molecular formula is C13H18O2. The number of hydrogen-bond acceptors (Lipinski definition) is 2. The van der Waals surface area contributed by atoms with Crippen LogP contribution in [0.15, 0.2) is 12.1 Å². The summed E-state index contributed by atoms with van der Waals surface area (Å²) in [5, 5.41) is 10.0. The van der Waals surface area contributed by atoms with Gasteiger partial charge in [0.25, 0.3) is 0 Å². The van der Waals surface area contributed by atoms with Crippen LogP contribution in [0.1, 0.15) is 35.6 Å². The zero-order valence-electron chi connectivity index (χ0n) is 9.58. The van der Waals surface area contributed by atoms with Gasteiger partial charge >= 0.3 is 0 Å². The van der Waals surface area contributed by atoms with Crippen LogP contribution in [0.2, 0.25) is 0 Å². The number of benzene rings is 1. The molecule has 1 aliphatic rings. The van der Waals surface area contributed by atoms with E-state index in [1.807, 2.05) is 26.0 Å². The van der Waals surface area contributed by atoms with Crippen molar-refractivity contribution >= 4 is 0 Å². The van der Waals surface area contributed by atoms with Crippen molar-refractivity contribution in [2.75, 3.05) is 7.11 Å². The lowest BCUT2D eigenvalue weighted by molar-refractivity contribution is 0.153. The molecule has 1 aliphatic carbocycles. The van der Waals surface area contributed by atoms with Crippen LogP contribution < -0.4 is 4.74 Å². The van der Waals surface area contributed by atoms with Gasteiger partial charge in [0, 0.05) is 0 Å². The van der Waals surface area contributed by atoms with Gasteiger partial charge in [0.05, 0.1) is 13.2 Å². The van der Waals surface area contributed by atoms with Gasteiger partial charge in [-0.15, -0.1) is 0 Å². The summed E-state index contributed by atoms with van der Waals surface area (Å²) in [4.78, 5) is 0. The normalized spacial score (nSPS) is 17.6. The van der Waals surface area contributed by atoms with E-state index in [2.05, 4.69) is 0 Å². The van der Waals surface area contributed by atoms with Gasteiger partial charge in [0.2, 0.25) is 0 Å². The molecule has 0 heterocycles. The van der Waals surface area contributed by atoms with Crippen LogP contribution in [0.4, 0.5) is 0 Å². The first-order valence-corrected chi connectivity index (χ1v) is 5.46. The summed E-state index contributed by atoms with van der Waals surface area (Å²) in [6.07, 6.45) is 2.03. The summed E-state index contributed by atoms with van der Waals surface area (Å²) in [5.41, 5.74) is 3.24. The second kappa shape index (κ2) is 3.86. The number of aliphatic hydroxyl groups excluding tert-OH is 1. The Morgan fingerprint density at radius 3 is 2.20 bits per heavy atom. The Morgan fingerprint density at radius 1 is 1.27 bits per heavy atom. The minimum Gasteiger partial charge on any atom is -0.496 e. The Morgan fingerprint density at radius 2 is 1.80 bits per heavy atom. The summed E-state index contributed by atoms with van der Waals surface area (Å²) in [6, 6.07) is 4.07. The van der Waals surface area contributed by atoms with Crippen LogP contribution in [0.5, 0.6) is 5.75 Å². The van der Waals surface area contributed by atoms with E-state index in [0.717, 1.165) is 35.3 Å². The van der Waals surface area contributed by atoms with E-state index in [9.17, 15) is 5.11 Å². The predicted molar refractivity (Wildman–Crippen MR) is 60.2 cm³/mol. The molecule has 1 fully saturated rings. The van der Waals surface area contributed by atoms with Crippen LogP contribution in [0, 0.1) is 19.8 Å². The molecule has 0 aromatic heterocycles. The van der Waals surface area contributed by atoms with E-state index in [-0.39, 0.29) is 6.10 Å². The molecular weight excluding hydrogens is 188 g/mol. The van der Waals surface area contributed by atoms with Gasteiger partial charge in [0.15, 0.2) is 0 Å². The van der Waals surface area contributed by atoms with Crippen LogP contribution in [0.25, 0.3) is 0 Å². The van der Waals surface area contributed by atoms with Gasteiger partial charge in [-0.3, -0.25) is 0 Å². The molecule has 2 heteroatoms. The molecule has 1 saturated carbocycles. The van der Waals surface area contributed by atoms with Crippen molar-refractivity contribution in [1.82, 2.24) is 0 Å². The molecule has 0 bridgehead atoms. The maximum atomic E-state index is 10.0. The third kappa shape index (κ3) is 2.00. The van der Waals surface area contributed by atoms with Crippen molar-refractivity contribution in [2.45, 2.75) is 32.8 Å². The molecule has 0 amide bonds. The SMILES string of the molecule is COc1c(C)cc(C(O)C2CC2)cc1C. The fraction of sp³-hybridized carbons (Fsp3) is 0.538. The molecule has 2 nitrogen and oxygen atoms in total. The van der Waals surface area contributed by atoms with Gasteiger partial charge in [-0.05, 0) is 61.4 Å². The van der Waals surface area contributed by atoms with E-state index < -0.39 is 0 Å². The standard InChI is InChI=1S/C13H18O2/c1-8-6-11(12(14)10-4-5-10)7-9(2)13(8)15-3/h6-7,10,12,14H,4-5H2,1-3H3. The molecule has 0 radical (unpaired) electrons. The zero-order chi connectivity index (χ0) is 11.0. The van der Waals surface area contributed by atoms with Crippen LogP contribution >= 0.6 is 0 Å². The quantitative estimate of drug-likeness (QED) is 0.824. The number of aryl methyl sites for hydroxylation is 2. The Hall–Kier alpha value is -1.02. The largest absolute Gasteiger partial charge is 0.496 e. The first kappa shape index (κ1) is 10.5. The Bertz CT molecular complexity index is 344. The molecule has 0 spiro atoms. The van der Waals surface area contributed by atoms with Crippen molar-refractivity contribution in [3.63, 3.8) is 0 Å². The molecule has 1 unspecified atom stereocenters. The van der Waals surface area contributed by atoms with Crippen molar-refractivity contribution in [2.24, 2.45) is 5.92 Å². The second-order valence-corrected chi connectivity index (χ2v) is 4.47. The van der Waals surface area contributed by atoms with Gasteiger partial charge in [0.1, 0.15) is 5.75 Å². The van der Waals surface area contributed by atoms with Gasteiger partial charge in [-0.2, -0.15) is 0 Å². The maximum absolute atomic E-state index is 10.0. The number of hydrogen-bond donors (Lipinski definition) is 1. The second-order valence-electron chi connectivity index (χ2n) is 4.47. The average Bonchev–Trinajstić information content (AvgIpc) is 2.99. The van der Waals surface area contributed by atoms with Crippen LogP contribution in [-0.2, 0) is 0 Å². The highest BCUT2D eigenvalue weighted by Gasteiger charge is 2.31. The van der Waals surface area contributed by atoms with Crippen molar-refractivity contribution in [1.29, 1.82) is 0 Å². The predicted octanol–water partition coefficient (Wildman–Crippen LogP) is 2.76. The molecule has 0 aliphatic heterocycles. The molecule has 2 rings (SSSR count). The highest BCUT2D eigenvalue weighted by atomic mass is 16.5. The fourth-order valence-electron chi connectivity index (χ4n) is 2.16. The monoisotopic (exact) mass is 206 g/mol. The number of methoxy groups -OCH3 is 1. The summed E-state index contributed by atoms with van der Waals surface area (Å²) >= 11 is 0. The molecule has 15 heavy (non-hydrogen) atoms. The summed E-state index contributed by atoms with van der Waals surface area (Å²) in [5.74, 6) is 1.42. The van der Waals surface area contributed by atoms with Gasteiger partial charge < -0.3 is 9.84 Å². The maximum Gasteiger partial charge on any atom is 0.124 e. The Kier molecular flexibility index (Phi) is 2.70. The first-order chi connectivity index (χ1) is 7.13. The van der Waals surface area contributed by atoms with Crippen molar-refractivity contribution in [3.8, 4) is 5.75 Å². The van der Waals surface area contributed by atoms with Crippen molar-refractivity contribution in [3.05, 3.63) is 28.8 Å². The van der Waals surface area contributed by atoms with E-state index in [1.54, 1.807) is 7.11 Å². The molecule has 1 aromatic carbocycles. The number of aliphatic hydroxyl groups is 1. The highest BCUT2D eigenvalue weighted by molar-refractivity contribution is 5.44. The molecule has 1 atom stereocenters. The fourth-order valence-corrected chi connectivity index (χ4v) is 2.16. The van der Waals surface area contributed by atoms with E-state index in [0.29, 0.717) is 5.92 Å². The minimum atomic E-state index is -0.284. The van der Waals surface area contributed by atoms with Crippen LogP contribution in [-0.4, -0.2) is 12.2 Å². The average molecular weight is 206 g/mol. The third-order valence-corrected chi connectivity index (χ3v) is 3.10. The van der Waals surface area contributed by atoms with E-state index in [1.165, 1.54) is 0 Å². The topological polar surface area (TPSA) is 29.5 Å². The third-order valence-electron chi connectivity index (χ3n) is 3.10. The molecule has 82 valence electrons. The van der Waals surface area contributed by atoms with Crippen LogP contribution in [0.3, 0.4) is 0 Å². The lowest BCUT2D eigenvalue weighted by Crippen LogP contribution is -2.02. The summed E-state index contributed by atoms with van der Waals surface area (Å²) < 4.78 is 5.30. The Balaban J connectivity index is 2.33. The Labute approximate surface area is 90.9 Å². The smallest absolute Gasteiger partial charge is 0.124 e. The minimum absolute atomic E-state index is 0.284. The van der Waals surface area contributed by atoms with Gasteiger partial charge in [-0.25, -0.2) is 0 Å². The molecule has 1 N–H and O–H groups in total. The van der Waals surface area contributed by atoms with E-state index in [4.69, 9.17) is 4.74 Å². The van der Waals surface area contributed by atoms with Crippen molar-refractivity contribution < 1.29 is 9.84 Å². The summed E-state index contributed by atoms with van der Waals surface area (Å²) in [6.45, 7) is 4.05. The highest BCUT2D eigenvalue weighted by Crippen LogP contribution is 2.42.